The summed E-state index contributed by atoms with van der Waals surface area (Å²) in [6.45, 7) is 0.145. The Bertz CT molecular complexity index is 1170. The van der Waals surface area contributed by atoms with Crippen LogP contribution >= 0.6 is 31.9 Å². The molecule has 1 amide bonds. The number of anilines is 1. The van der Waals surface area contributed by atoms with Gasteiger partial charge in [0.05, 0.1) is 20.1 Å². The maximum absolute atomic E-state index is 12.5. The molecule has 1 aliphatic rings. The van der Waals surface area contributed by atoms with Gasteiger partial charge in [-0.15, -0.1) is 0 Å². The monoisotopic (exact) mass is 528 g/mol. The largest absolute Gasteiger partial charge is 0.506 e. The van der Waals surface area contributed by atoms with Gasteiger partial charge in [0.2, 0.25) is 0 Å². The van der Waals surface area contributed by atoms with E-state index in [2.05, 4.69) is 42.2 Å². The number of nitrogens with zero attached hydrogens (tertiary/aromatic N) is 1. The van der Waals surface area contributed by atoms with Crippen LogP contribution < -0.4 is 5.32 Å². The highest BCUT2D eigenvalue weighted by Crippen LogP contribution is 2.36. The highest BCUT2D eigenvalue weighted by Gasteiger charge is 2.27. The van der Waals surface area contributed by atoms with E-state index >= 15 is 0 Å². The number of rotatable bonds is 4. The van der Waals surface area contributed by atoms with E-state index in [-0.39, 0.29) is 23.8 Å². The van der Waals surface area contributed by atoms with Crippen LogP contribution in [-0.2, 0) is 16.1 Å². The molecule has 1 aliphatic heterocycles. The molecule has 0 spiro atoms. The lowest BCUT2D eigenvalue weighted by atomic mass is 10.0. The van der Waals surface area contributed by atoms with Gasteiger partial charge in [-0.3, -0.25) is 4.79 Å². The zero-order chi connectivity index (χ0) is 21.3. The first kappa shape index (κ1) is 20.3. The zero-order valence-electron chi connectivity index (χ0n) is 15.4. The van der Waals surface area contributed by atoms with Gasteiger partial charge in [0.25, 0.3) is 5.91 Å². The fourth-order valence-electron chi connectivity index (χ4n) is 2.96. The van der Waals surface area contributed by atoms with Crippen LogP contribution in [0.25, 0.3) is 11.6 Å². The van der Waals surface area contributed by atoms with Crippen LogP contribution in [0.2, 0.25) is 0 Å². The fraction of sp³-hybridized carbons (Fsp3) is 0.0455. The maximum Gasteiger partial charge on any atom is 0.340 e. The van der Waals surface area contributed by atoms with E-state index < -0.39 is 5.97 Å². The predicted molar refractivity (Wildman–Crippen MR) is 120 cm³/mol. The average molecular weight is 530 g/mol. The number of amides is 1. The predicted octanol–water partition coefficient (Wildman–Crippen LogP) is 5.16. The highest BCUT2D eigenvalue weighted by atomic mass is 79.9. The second-order valence-corrected chi connectivity index (χ2v) is 8.24. The molecule has 0 aliphatic carbocycles. The molecule has 3 aromatic rings. The van der Waals surface area contributed by atoms with Gasteiger partial charge in [-0.1, -0.05) is 30.3 Å². The van der Waals surface area contributed by atoms with Crippen LogP contribution in [0.3, 0.4) is 0 Å². The van der Waals surface area contributed by atoms with E-state index in [4.69, 9.17) is 4.74 Å². The standard InChI is InChI=1S/C22H14Br2N2O4/c23-17-7-13(8-18(24)19(17)27)6-16-15-9-14(10-25-20(15)26-21(16)28)22(29)30-11-12-4-2-1-3-5-12/h1-10,27H,11H2,(H,25,26,28)/b16-6+. The van der Waals surface area contributed by atoms with Crippen molar-refractivity contribution in [2.24, 2.45) is 0 Å². The maximum atomic E-state index is 12.5. The topological polar surface area (TPSA) is 88.5 Å². The van der Waals surface area contributed by atoms with Crippen LogP contribution in [0.5, 0.6) is 5.75 Å². The lowest BCUT2D eigenvalue weighted by molar-refractivity contribution is -0.110. The Morgan fingerprint density at radius 1 is 1.13 bits per heavy atom. The van der Waals surface area contributed by atoms with Crippen molar-refractivity contribution < 1.29 is 19.4 Å². The smallest absolute Gasteiger partial charge is 0.340 e. The summed E-state index contributed by atoms with van der Waals surface area (Å²) in [7, 11) is 0. The Labute approximate surface area is 188 Å². The number of benzene rings is 2. The number of carbonyl (C=O) groups excluding carboxylic acids is 2. The number of hydrogen-bond donors (Lipinski definition) is 2. The Kier molecular flexibility index (Phi) is 5.69. The third-order valence-corrected chi connectivity index (χ3v) is 5.66. The van der Waals surface area contributed by atoms with Crippen molar-refractivity contribution in [2.75, 3.05) is 5.32 Å². The van der Waals surface area contributed by atoms with Crippen molar-refractivity contribution in [3.8, 4) is 5.75 Å². The zero-order valence-corrected chi connectivity index (χ0v) is 18.5. The summed E-state index contributed by atoms with van der Waals surface area (Å²) in [6, 6.07) is 14.3. The Morgan fingerprint density at radius 2 is 1.83 bits per heavy atom. The summed E-state index contributed by atoms with van der Waals surface area (Å²) in [6.07, 6.45) is 3.04. The summed E-state index contributed by atoms with van der Waals surface area (Å²) in [5.74, 6) is -0.406. The molecule has 2 aromatic carbocycles. The summed E-state index contributed by atoms with van der Waals surface area (Å²) >= 11 is 6.55. The summed E-state index contributed by atoms with van der Waals surface area (Å²) in [5.41, 5.74) is 2.68. The van der Waals surface area contributed by atoms with Crippen molar-refractivity contribution in [3.63, 3.8) is 0 Å². The third-order valence-electron chi connectivity index (χ3n) is 4.45. The van der Waals surface area contributed by atoms with Crippen LogP contribution in [0.15, 0.2) is 63.7 Å². The molecule has 30 heavy (non-hydrogen) atoms. The molecule has 8 heteroatoms. The van der Waals surface area contributed by atoms with Gasteiger partial charge in [0, 0.05) is 11.8 Å². The van der Waals surface area contributed by atoms with Gasteiger partial charge >= 0.3 is 5.97 Å². The van der Waals surface area contributed by atoms with Crippen LogP contribution in [-0.4, -0.2) is 22.0 Å². The van der Waals surface area contributed by atoms with E-state index in [9.17, 15) is 14.7 Å². The number of aromatic hydroxyl groups is 1. The summed E-state index contributed by atoms with van der Waals surface area (Å²) in [4.78, 5) is 29.1. The normalized spacial score (nSPS) is 13.8. The highest BCUT2D eigenvalue weighted by molar-refractivity contribution is 9.11. The minimum Gasteiger partial charge on any atom is -0.506 e. The summed E-state index contributed by atoms with van der Waals surface area (Å²) < 4.78 is 6.32. The number of aromatic nitrogens is 1. The number of phenols is 1. The first-order valence-electron chi connectivity index (χ1n) is 8.85. The molecule has 0 saturated heterocycles. The van der Waals surface area contributed by atoms with Gasteiger partial charge in [-0.25, -0.2) is 9.78 Å². The first-order chi connectivity index (χ1) is 14.4. The lowest BCUT2D eigenvalue weighted by Crippen LogP contribution is -2.06. The number of hydrogen-bond acceptors (Lipinski definition) is 5. The molecule has 150 valence electrons. The van der Waals surface area contributed by atoms with Crippen LogP contribution in [0.1, 0.15) is 27.0 Å². The molecular weight excluding hydrogens is 516 g/mol. The molecule has 0 unspecified atom stereocenters. The third kappa shape index (κ3) is 4.15. The van der Waals surface area contributed by atoms with Crippen LogP contribution in [0, 0.1) is 0 Å². The second kappa shape index (κ2) is 8.41. The Balaban J connectivity index is 1.62. The second-order valence-electron chi connectivity index (χ2n) is 6.53. The molecule has 4 rings (SSSR count). The molecule has 2 N–H and O–H groups in total. The van der Waals surface area contributed by atoms with Gasteiger partial charge in [-0.2, -0.15) is 0 Å². The first-order valence-corrected chi connectivity index (χ1v) is 10.4. The average Bonchev–Trinajstić information content (AvgIpc) is 3.05. The van der Waals surface area contributed by atoms with Crippen LogP contribution in [0.4, 0.5) is 5.82 Å². The number of ether oxygens (including phenoxy) is 1. The quantitative estimate of drug-likeness (QED) is 0.360. The van der Waals surface area contributed by atoms with Crippen molar-refractivity contribution >= 4 is 61.2 Å². The molecule has 2 heterocycles. The molecule has 0 fully saturated rings. The minimum atomic E-state index is -0.525. The Hall–Kier alpha value is -2.97. The molecule has 0 saturated carbocycles. The van der Waals surface area contributed by atoms with E-state index in [1.54, 1.807) is 24.3 Å². The van der Waals surface area contributed by atoms with E-state index in [1.807, 2.05) is 30.3 Å². The Morgan fingerprint density at radius 3 is 2.53 bits per heavy atom. The fourth-order valence-corrected chi connectivity index (χ4v) is 4.19. The van der Waals surface area contributed by atoms with Gasteiger partial charge in [0.15, 0.2) is 0 Å². The van der Waals surface area contributed by atoms with Gasteiger partial charge < -0.3 is 15.2 Å². The number of nitrogens with one attached hydrogen (secondary N) is 1. The molecule has 1 aromatic heterocycles. The number of fused-ring (bicyclic) bond motifs is 1. The van der Waals surface area contributed by atoms with Gasteiger partial charge in [0.1, 0.15) is 18.2 Å². The van der Waals surface area contributed by atoms with E-state index in [0.29, 0.717) is 31.5 Å². The number of halogens is 2. The summed E-state index contributed by atoms with van der Waals surface area (Å²) in [5, 5.41) is 12.6. The van der Waals surface area contributed by atoms with Crippen molar-refractivity contribution in [2.45, 2.75) is 6.61 Å². The van der Waals surface area contributed by atoms with Crippen molar-refractivity contribution in [1.82, 2.24) is 4.98 Å². The molecular formula is C22H14Br2N2O4. The SMILES string of the molecule is O=C1Nc2ncc(C(=O)OCc3ccccc3)cc2/C1=C\c1cc(Br)c(O)c(Br)c1. The molecule has 0 bridgehead atoms. The van der Waals surface area contributed by atoms with E-state index in [0.717, 1.165) is 5.56 Å². The molecule has 6 nitrogen and oxygen atoms in total. The minimum absolute atomic E-state index is 0.0681. The number of pyridine rings is 1. The molecule has 0 atom stereocenters. The molecule has 0 radical (unpaired) electrons. The lowest BCUT2D eigenvalue weighted by Gasteiger charge is -2.06. The van der Waals surface area contributed by atoms with Crippen molar-refractivity contribution in [3.05, 3.63) is 85.9 Å². The number of carbonyl (C=O) groups is 2. The number of phenolic OH excluding ortho intramolecular Hbond substituents is 1. The number of esters is 1. The van der Waals surface area contributed by atoms with Crippen molar-refractivity contribution in [1.29, 1.82) is 0 Å². The van der Waals surface area contributed by atoms with E-state index in [1.165, 1.54) is 6.20 Å². The van der Waals surface area contributed by atoms with Gasteiger partial charge in [-0.05, 0) is 67.3 Å².